The minimum absolute atomic E-state index is 0. The SMILES string of the molecule is C[Si]C.[Cl-].[Zr+3].c1ccc2[cH-]ccc2c1.c1ccc2[cH-]ccc2c1. The zero-order valence-electron chi connectivity index (χ0n) is 13.5. The molecule has 0 fully saturated rings. The van der Waals surface area contributed by atoms with Crippen molar-refractivity contribution in [2.45, 2.75) is 13.1 Å². The summed E-state index contributed by atoms with van der Waals surface area (Å²) in [5, 5.41) is 5.32. The molecule has 0 nitrogen and oxygen atoms in total. The number of fused-ring (bicyclic) bond motifs is 2. The fourth-order valence-corrected chi connectivity index (χ4v) is 2.14. The molecular weight excluding hydrogens is 395 g/mol. The van der Waals surface area contributed by atoms with Gasteiger partial charge in [-0.1, -0.05) is 25.2 Å². The molecule has 0 heterocycles. The molecule has 0 atom stereocenters. The average molecular weight is 415 g/mol. The monoisotopic (exact) mass is 413 g/mol. The second-order valence-corrected chi connectivity index (χ2v) is 5.81. The van der Waals surface area contributed by atoms with Crippen LogP contribution in [0.4, 0.5) is 0 Å². The summed E-state index contributed by atoms with van der Waals surface area (Å²) in [5.74, 6) is 0. The van der Waals surface area contributed by atoms with Gasteiger partial charge < -0.3 is 12.4 Å². The van der Waals surface area contributed by atoms with E-state index in [2.05, 4.69) is 98.0 Å². The van der Waals surface area contributed by atoms with Crippen molar-refractivity contribution in [3.05, 3.63) is 84.9 Å². The summed E-state index contributed by atoms with van der Waals surface area (Å²) < 4.78 is 0. The Morgan fingerprint density at radius 1 is 0.652 bits per heavy atom. The van der Waals surface area contributed by atoms with Gasteiger partial charge in [0.25, 0.3) is 0 Å². The summed E-state index contributed by atoms with van der Waals surface area (Å²) in [6.45, 7) is 4.31. The second kappa shape index (κ2) is 12.5. The van der Waals surface area contributed by atoms with Gasteiger partial charge in [0.05, 0.1) is 0 Å². The molecular formula is C20H20ClSiZr. The zero-order valence-corrected chi connectivity index (χ0v) is 17.7. The third-order valence-electron chi connectivity index (χ3n) is 3.10. The smallest absolute Gasteiger partial charge is 1.00 e. The van der Waals surface area contributed by atoms with E-state index in [1.165, 1.54) is 21.5 Å². The second-order valence-electron chi connectivity index (χ2n) is 4.81. The summed E-state index contributed by atoms with van der Waals surface area (Å²) in [6.07, 6.45) is 0. The Balaban J connectivity index is 0.000000336. The van der Waals surface area contributed by atoms with Crippen molar-refractivity contribution in [3.63, 3.8) is 0 Å². The fraction of sp³-hybridized carbons (Fsp3) is 0.100. The minimum atomic E-state index is 0. The Morgan fingerprint density at radius 3 is 1.35 bits per heavy atom. The first-order valence-electron chi connectivity index (χ1n) is 7.14. The molecule has 115 valence electrons. The average Bonchev–Trinajstić information content (AvgIpc) is 3.17. The maximum atomic E-state index is 2.15. The van der Waals surface area contributed by atoms with Crippen LogP contribution >= 0.6 is 0 Å². The van der Waals surface area contributed by atoms with E-state index >= 15 is 0 Å². The van der Waals surface area contributed by atoms with Crippen LogP contribution in [0.15, 0.2) is 84.9 Å². The van der Waals surface area contributed by atoms with Gasteiger partial charge in [0.1, 0.15) is 0 Å². The molecule has 0 aliphatic carbocycles. The molecule has 4 aromatic rings. The normalized spacial score (nSPS) is 8.78. The van der Waals surface area contributed by atoms with Gasteiger partial charge in [0.2, 0.25) is 0 Å². The number of rotatable bonds is 0. The van der Waals surface area contributed by atoms with E-state index < -0.39 is 0 Å². The van der Waals surface area contributed by atoms with Crippen LogP contribution in [0, 0.1) is 0 Å². The van der Waals surface area contributed by atoms with Crippen LogP contribution < -0.4 is 12.4 Å². The van der Waals surface area contributed by atoms with E-state index in [1.807, 2.05) is 0 Å². The number of hydrogen-bond acceptors (Lipinski definition) is 0. The van der Waals surface area contributed by atoms with Crippen molar-refractivity contribution < 1.29 is 38.6 Å². The first-order valence-corrected chi connectivity index (χ1v) is 9.14. The molecule has 0 unspecified atom stereocenters. The summed E-state index contributed by atoms with van der Waals surface area (Å²) >= 11 is 0. The van der Waals surface area contributed by atoms with E-state index in [0.29, 0.717) is 0 Å². The van der Waals surface area contributed by atoms with Gasteiger partial charge in [-0.25, -0.2) is 0 Å². The van der Waals surface area contributed by atoms with Crippen LogP contribution in [0.1, 0.15) is 0 Å². The quantitative estimate of drug-likeness (QED) is 0.306. The van der Waals surface area contributed by atoms with Gasteiger partial charge >= 0.3 is 26.2 Å². The summed E-state index contributed by atoms with van der Waals surface area (Å²) in [5.41, 5.74) is 0. The molecule has 4 aromatic carbocycles. The first-order chi connectivity index (χ1) is 10.3. The van der Waals surface area contributed by atoms with Gasteiger partial charge in [-0.05, 0) is 0 Å². The summed E-state index contributed by atoms with van der Waals surface area (Å²) in [4.78, 5) is 0. The Hall–Kier alpha value is -0.950. The molecule has 0 aliphatic rings. The van der Waals surface area contributed by atoms with Crippen LogP contribution in [-0.2, 0) is 26.2 Å². The van der Waals surface area contributed by atoms with Crippen LogP contribution in [0.25, 0.3) is 21.5 Å². The van der Waals surface area contributed by atoms with Crippen LogP contribution in [-0.4, -0.2) is 9.52 Å². The summed E-state index contributed by atoms with van der Waals surface area (Å²) in [6, 6.07) is 29.3. The Morgan fingerprint density at radius 2 is 1.00 bits per heavy atom. The van der Waals surface area contributed by atoms with E-state index in [-0.39, 0.29) is 38.6 Å². The zero-order chi connectivity index (χ0) is 14.9. The van der Waals surface area contributed by atoms with Crippen molar-refractivity contribution >= 4 is 31.1 Å². The van der Waals surface area contributed by atoms with Crippen molar-refractivity contribution in [2.75, 3.05) is 0 Å². The third kappa shape index (κ3) is 6.99. The molecule has 0 bridgehead atoms. The molecule has 23 heavy (non-hydrogen) atoms. The molecule has 0 aromatic heterocycles. The maximum absolute atomic E-state index is 2.15. The molecule has 0 spiro atoms. The van der Waals surface area contributed by atoms with Crippen molar-refractivity contribution in [1.29, 1.82) is 0 Å². The van der Waals surface area contributed by atoms with Gasteiger partial charge in [0, 0.05) is 9.52 Å². The molecule has 0 amide bonds. The molecule has 0 saturated carbocycles. The van der Waals surface area contributed by atoms with Crippen LogP contribution in [0.2, 0.25) is 13.1 Å². The predicted octanol–water partition coefficient (Wildman–Crippen LogP) is 2.91. The Labute approximate surface area is 167 Å². The van der Waals surface area contributed by atoms with E-state index in [9.17, 15) is 0 Å². The maximum Gasteiger partial charge on any atom is 3.00 e. The van der Waals surface area contributed by atoms with E-state index in [0.717, 1.165) is 9.52 Å². The van der Waals surface area contributed by atoms with Gasteiger partial charge in [-0.15, -0.1) is 59.3 Å². The van der Waals surface area contributed by atoms with Crippen LogP contribution in [0.3, 0.4) is 0 Å². The van der Waals surface area contributed by atoms with Gasteiger partial charge in [0.15, 0.2) is 0 Å². The minimum Gasteiger partial charge on any atom is -1.00 e. The number of hydrogen-bond donors (Lipinski definition) is 0. The largest absolute Gasteiger partial charge is 3.00 e. The molecule has 0 N–H and O–H groups in total. The fourth-order valence-electron chi connectivity index (χ4n) is 2.14. The Bertz CT molecular complexity index is 647. The molecule has 3 heteroatoms. The standard InChI is InChI=1S/2C9H7.C2H6Si.ClH.Zr/c2*1-2-5-9-7-3-6-8(9)4-1;1-3-2;;/h2*1-7H;1-2H3;1H;/q2*-1;;;+3/p-1. The predicted molar refractivity (Wildman–Crippen MR) is 96.6 cm³/mol. The molecule has 4 rings (SSSR count). The van der Waals surface area contributed by atoms with E-state index in [4.69, 9.17) is 0 Å². The van der Waals surface area contributed by atoms with Gasteiger partial charge in [-0.2, -0.15) is 35.0 Å². The summed E-state index contributed by atoms with van der Waals surface area (Å²) in [7, 11) is 1.08. The Kier molecular flexibility index (Phi) is 12.0. The topological polar surface area (TPSA) is 0 Å². The number of benzene rings is 2. The van der Waals surface area contributed by atoms with E-state index in [1.54, 1.807) is 0 Å². The van der Waals surface area contributed by atoms with Crippen molar-refractivity contribution in [2.24, 2.45) is 0 Å². The molecule has 3 radical (unpaired) electrons. The van der Waals surface area contributed by atoms with Crippen molar-refractivity contribution in [1.82, 2.24) is 0 Å². The van der Waals surface area contributed by atoms with Gasteiger partial charge in [-0.3, -0.25) is 0 Å². The molecule has 0 aliphatic heterocycles. The first kappa shape index (κ1) is 22.1. The third-order valence-corrected chi connectivity index (χ3v) is 3.10. The molecule has 0 saturated heterocycles. The van der Waals surface area contributed by atoms with Crippen molar-refractivity contribution in [3.8, 4) is 0 Å². The number of halogens is 1. The van der Waals surface area contributed by atoms with Crippen LogP contribution in [0.5, 0.6) is 0 Å².